The molecular formula is C16H19NO3. The van der Waals surface area contributed by atoms with Crippen LogP contribution in [0, 0.1) is 16.0 Å². The maximum atomic E-state index is 12.2. The van der Waals surface area contributed by atoms with E-state index >= 15 is 0 Å². The molecule has 20 heavy (non-hydrogen) atoms. The number of hydrogen-bond acceptors (Lipinski definition) is 3. The van der Waals surface area contributed by atoms with Crippen LogP contribution >= 0.6 is 0 Å². The van der Waals surface area contributed by atoms with Crippen molar-refractivity contribution in [1.82, 2.24) is 0 Å². The van der Waals surface area contributed by atoms with Crippen LogP contribution in [0.4, 0.5) is 5.69 Å². The zero-order chi connectivity index (χ0) is 14.5. The molecule has 0 fully saturated rings. The number of rotatable bonds is 5. The Hall–Kier alpha value is -1.97. The molecule has 0 radical (unpaired) electrons. The maximum absolute atomic E-state index is 12.2. The molecule has 0 spiro atoms. The molecule has 0 aliphatic heterocycles. The number of carbonyl (C=O) groups excluding carboxylic acids is 1. The van der Waals surface area contributed by atoms with Gasteiger partial charge in [-0.1, -0.05) is 38.0 Å². The first kappa shape index (κ1) is 14.4. The number of hydrogen-bond donors (Lipinski definition) is 0. The molecule has 1 aliphatic carbocycles. The number of allylic oxidation sites excluding steroid dienone is 2. The Bertz CT molecular complexity index is 519. The van der Waals surface area contributed by atoms with Gasteiger partial charge in [0.25, 0.3) is 5.69 Å². The van der Waals surface area contributed by atoms with Crippen molar-refractivity contribution in [3.63, 3.8) is 0 Å². The van der Waals surface area contributed by atoms with Gasteiger partial charge in [-0.3, -0.25) is 14.9 Å². The average Bonchev–Trinajstić information content (AvgIpc) is 2.45. The van der Waals surface area contributed by atoms with Crippen LogP contribution in [0.3, 0.4) is 0 Å². The number of nitro groups is 1. The second kappa shape index (κ2) is 6.46. The molecule has 0 unspecified atom stereocenters. The van der Waals surface area contributed by atoms with Crippen molar-refractivity contribution in [1.29, 1.82) is 0 Å². The number of nitro benzene ring substituents is 1. The minimum Gasteiger partial charge on any atom is -0.294 e. The molecule has 0 saturated heterocycles. The number of unbranched alkanes of at least 4 members (excludes halogenated alkanes) is 1. The first-order valence-corrected chi connectivity index (χ1v) is 7.08. The van der Waals surface area contributed by atoms with E-state index in [9.17, 15) is 14.9 Å². The quantitative estimate of drug-likeness (QED) is 0.601. The summed E-state index contributed by atoms with van der Waals surface area (Å²) in [7, 11) is 0. The molecule has 4 heteroatoms. The van der Waals surface area contributed by atoms with Gasteiger partial charge < -0.3 is 0 Å². The van der Waals surface area contributed by atoms with Gasteiger partial charge in [-0.15, -0.1) is 0 Å². The van der Waals surface area contributed by atoms with Crippen molar-refractivity contribution in [2.24, 2.45) is 5.92 Å². The van der Waals surface area contributed by atoms with Gasteiger partial charge in [-0.05, 0) is 30.4 Å². The lowest BCUT2D eigenvalue weighted by atomic mass is 9.75. The summed E-state index contributed by atoms with van der Waals surface area (Å²) in [6.07, 6.45) is 7.75. The van der Waals surface area contributed by atoms with E-state index in [2.05, 4.69) is 6.92 Å². The monoisotopic (exact) mass is 273 g/mol. The van der Waals surface area contributed by atoms with Gasteiger partial charge in [-0.2, -0.15) is 0 Å². The van der Waals surface area contributed by atoms with Crippen LogP contribution in [-0.4, -0.2) is 10.7 Å². The Morgan fingerprint density at radius 1 is 1.30 bits per heavy atom. The second-order valence-electron chi connectivity index (χ2n) is 5.27. The molecule has 1 aromatic carbocycles. The van der Waals surface area contributed by atoms with Crippen LogP contribution in [0.25, 0.3) is 0 Å². The van der Waals surface area contributed by atoms with Gasteiger partial charge in [0.2, 0.25) is 0 Å². The van der Waals surface area contributed by atoms with Gasteiger partial charge in [0.15, 0.2) is 5.78 Å². The number of nitrogens with zero attached hydrogens (tertiary/aromatic N) is 1. The lowest BCUT2D eigenvalue weighted by Gasteiger charge is -2.27. The van der Waals surface area contributed by atoms with E-state index in [1.54, 1.807) is 18.2 Å². The molecule has 4 nitrogen and oxygen atoms in total. The highest BCUT2D eigenvalue weighted by molar-refractivity contribution is 5.96. The molecule has 0 N–H and O–H groups in total. The Morgan fingerprint density at radius 3 is 2.60 bits per heavy atom. The lowest BCUT2D eigenvalue weighted by Crippen LogP contribution is -2.23. The van der Waals surface area contributed by atoms with Crippen molar-refractivity contribution in [3.8, 4) is 0 Å². The van der Waals surface area contributed by atoms with Crippen molar-refractivity contribution < 1.29 is 9.72 Å². The first-order chi connectivity index (χ1) is 9.63. The fourth-order valence-electron chi connectivity index (χ4n) is 2.82. The summed E-state index contributed by atoms with van der Waals surface area (Å²) >= 11 is 0. The van der Waals surface area contributed by atoms with E-state index in [1.165, 1.54) is 12.1 Å². The van der Waals surface area contributed by atoms with Gasteiger partial charge in [0, 0.05) is 18.1 Å². The molecule has 1 aromatic rings. The summed E-state index contributed by atoms with van der Waals surface area (Å²) in [5, 5.41) is 10.7. The summed E-state index contributed by atoms with van der Waals surface area (Å²) < 4.78 is 0. The lowest BCUT2D eigenvalue weighted by molar-refractivity contribution is -0.384. The molecule has 106 valence electrons. The highest BCUT2D eigenvalue weighted by atomic mass is 16.6. The summed E-state index contributed by atoms with van der Waals surface area (Å²) in [6, 6.07) is 6.41. The van der Waals surface area contributed by atoms with Gasteiger partial charge in [0.05, 0.1) is 4.92 Å². The van der Waals surface area contributed by atoms with Gasteiger partial charge in [0.1, 0.15) is 0 Å². The smallest absolute Gasteiger partial charge is 0.269 e. The fourth-order valence-corrected chi connectivity index (χ4v) is 2.82. The van der Waals surface area contributed by atoms with Crippen LogP contribution in [0.1, 0.15) is 44.1 Å². The summed E-state index contributed by atoms with van der Waals surface area (Å²) in [5.41, 5.74) is 0.962. The largest absolute Gasteiger partial charge is 0.294 e. The number of benzene rings is 1. The third kappa shape index (κ3) is 3.13. The molecule has 1 aliphatic rings. The van der Waals surface area contributed by atoms with Crippen LogP contribution in [0.2, 0.25) is 0 Å². The SMILES string of the molecule is CCCC[C@@H]1CC=CC(=O)[C@H]1c1ccc([N+](=O)[O-])cc1. The standard InChI is InChI=1S/C16H19NO3/c1-2-3-5-12-6-4-7-15(18)16(12)13-8-10-14(11-9-13)17(19)20/h4,7-12,16H,2-3,5-6H2,1H3/t12-,16-/m1/s1. The highest BCUT2D eigenvalue weighted by Crippen LogP contribution is 2.36. The molecule has 0 saturated carbocycles. The minimum atomic E-state index is -0.416. The van der Waals surface area contributed by atoms with E-state index in [-0.39, 0.29) is 17.4 Å². The molecule has 0 aromatic heterocycles. The van der Waals surface area contributed by atoms with Crippen LogP contribution in [0.15, 0.2) is 36.4 Å². The highest BCUT2D eigenvalue weighted by Gasteiger charge is 2.30. The third-order valence-electron chi connectivity index (χ3n) is 3.89. The van der Waals surface area contributed by atoms with E-state index < -0.39 is 4.92 Å². The van der Waals surface area contributed by atoms with E-state index in [4.69, 9.17) is 0 Å². The molecular weight excluding hydrogens is 254 g/mol. The Labute approximate surface area is 118 Å². The molecule has 2 rings (SSSR count). The fraction of sp³-hybridized carbons (Fsp3) is 0.438. The van der Waals surface area contributed by atoms with E-state index in [1.807, 2.05) is 6.08 Å². The summed E-state index contributed by atoms with van der Waals surface area (Å²) in [5.74, 6) is 0.285. The molecule has 0 amide bonds. The third-order valence-corrected chi connectivity index (χ3v) is 3.89. The van der Waals surface area contributed by atoms with E-state index in [0.29, 0.717) is 5.92 Å². The summed E-state index contributed by atoms with van der Waals surface area (Å²) in [4.78, 5) is 22.4. The van der Waals surface area contributed by atoms with Crippen molar-refractivity contribution in [3.05, 3.63) is 52.1 Å². The number of carbonyl (C=O) groups is 1. The zero-order valence-electron chi connectivity index (χ0n) is 11.6. The normalized spacial score (nSPS) is 21.9. The molecule has 2 atom stereocenters. The predicted octanol–water partition coefficient (Wildman–Crippen LogP) is 4.01. The molecule has 0 bridgehead atoms. The van der Waals surface area contributed by atoms with Crippen molar-refractivity contribution in [2.45, 2.75) is 38.5 Å². The van der Waals surface area contributed by atoms with Crippen molar-refractivity contribution >= 4 is 11.5 Å². The Morgan fingerprint density at radius 2 is 2.00 bits per heavy atom. The van der Waals surface area contributed by atoms with Crippen LogP contribution < -0.4 is 0 Å². The Balaban J connectivity index is 2.23. The van der Waals surface area contributed by atoms with Gasteiger partial charge >= 0.3 is 0 Å². The molecule has 0 heterocycles. The summed E-state index contributed by atoms with van der Waals surface area (Å²) in [6.45, 7) is 2.14. The van der Waals surface area contributed by atoms with Crippen molar-refractivity contribution in [2.75, 3.05) is 0 Å². The number of non-ortho nitro benzene ring substituents is 1. The minimum absolute atomic E-state index is 0.0673. The number of ketones is 1. The zero-order valence-corrected chi connectivity index (χ0v) is 11.6. The first-order valence-electron chi connectivity index (χ1n) is 7.08. The average molecular weight is 273 g/mol. The topological polar surface area (TPSA) is 60.2 Å². The second-order valence-corrected chi connectivity index (χ2v) is 5.27. The van der Waals surface area contributed by atoms with Crippen LogP contribution in [0.5, 0.6) is 0 Å². The Kier molecular flexibility index (Phi) is 4.66. The van der Waals surface area contributed by atoms with Gasteiger partial charge in [-0.25, -0.2) is 0 Å². The predicted molar refractivity (Wildman–Crippen MR) is 77.6 cm³/mol. The van der Waals surface area contributed by atoms with E-state index in [0.717, 1.165) is 31.2 Å². The van der Waals surface area contributed by atoms with Crippen LogP contribution in [-0.2, 0) is 4.79 Å². The maximum Gasteiger partial charge on any atom is 0.269 e.